The molecule has 0 bridgehead atoms. The molecule has 0 radical (unpaired) electrons. The monoisotopic (exact) mass is 271 g/mol. The summed E-state index contributed by atoms with van der Waals surface area (Å²) in [5, 5.41) is 12.7. The highest BCUT2D eigenvalue weighted by molar-refractivity contribution is 4.87. The number of alkyl halides is 3. The molecule has 0 heterocycles. The van der Waals surface area contributed by atoms with Crippen LogP contribution in [0.3, 0.4) is 0 Å². The van der Waals surface area contributed by atoms with Gasteiger partial charge in [-0.05, 0) is 19.3 Å². The quantitative estimate of drug-likeness (QED) is 0.633. The minimum absolute atomic E-state index is 0.0268. The maximum absolute atomic E-state index is 11.8. The van der Waals surface area contributed by atoms with Crippen molar-refractivity contribution in [2.24, 2.45) is 0 Å². The second-order valence-corrected chi connectivity index (χ2v) is 4.86. The fraction of sp³-hybridized carbons (Fsp3) is 1.00. The van der Waals surface area contributed by atoms with E-state index in [0.29, 0.717) is 12.8 Å². The summed E-state index contributed by atoms with van der Waals surface area (Å²) in [5.74, 6) is 0. The highest BCUT2D eigenvalue weighted by Crippen LogP contribution is 2.19. The van der Waals surface area contributed by atoms with Crippen molar-refractivity contribution >= 4 is 0 Å². The molecule has 0 rings (SSSR count). The Balaban J connectivity index is 3.98. The van der Waals surface area contributed by atoms with Gasteiger partial charge in [0, 0.05) is 18.2 Å². The lowest BCUT2D eigenvalue weighted by Gasteiger charge is -2.34. The number of aliphatic hydroxyl groups is 1. The van der Waals surface area contributed by atoms with Crippen LogP contribution in [0.15, 0.2) is 0 Å². The Morgan fingerprint density at radius 1 is 1.28 bits per heavy atom. The topological polar surface area (TPSA) is 41.5 Å². The van der Waals surface area contributed by atoms with Gasteiger partial charge in [-0.1, -0.05) is 20.8 Å². The van der Waals surface area contributed by atoms with Crippen molar-refractivity contribution in [1.29, 1.82) is 0 Å². The number of hydrogen-bond donors (Lipinski definition) is 2. The molecule has 6 heteroatoms. The molecule has 0 aliphatic heterocycles. The van der Waals surface area contributed by atoms with Gasteiger partial charge in [0.05, 0.1) is 6.61 Å². The van der Waals surface area contributed by atoms with Gasteiger partial charge >= 0.3 is 6.18 Å². The highest BCUT2D eigenvalue weighted by atomic mass is 19.4. The van der Waals surface area contributed by atoms with Crippen LogP contribution >= 0.6 is 0 Å². The zero-order chi connectivity index (χ0) is 14.2. The Labute approximate surface area is 107 Å². The highest BCUT2D eigenvalue weighted by Gasteiger charge is 2.29. The molecule has 0 saturated heterocycles. The van der Waals surface area contributed by atoms with Gasteiger partial charge in [0.1, 0.15) is 6.61 Å². The Morgan fingerprint density at radius 3 is 2.28 bits per heavy atom. The lowest BCUT2D eigenvalue weighted by Crippen LogP contribution is -2.51. The van der Waals surface area contributed by atoms with Crippen LogP contribution in [0.5, 0.6) is 0 Å². The SMILES string of the molecule is CCC(CO)(CCCOCC(F)(F)F)NC(C)C. The van der Waals surface area contributed by atoms with Crippen molar-refractivity contribution in [2.75, 3.05) is 19.8 Å². The van der Waals surface area contributed by atoms with Gasteiger partial charge in [-0.15, -0.1) is 0 Å². The second kappa shape index (κ2) is 7.96. The summed E-state index contributed by atoms with van der Waals surface area (Å²) < 4.78 is 40.1. The molecule has 1 unspecified atom stereocenters. The summed E-state index contributed by atoms with van der Waals surface area (Å²) in [5.41, 5.74) is -0.421. The van der Waals surface area contributed by atoms with E-state index in [0.717, 1.165) is 6.42 Å². The predicted molar refractivity (Wildman–Crippen MR) is 64.5 cm³/mol. The molecule has 0 aliphatic carbocycles. The molecular formula is C12H24F3NO2. The summed E-state index contributed by atoms with van der Waals surface area (Å²) >= 11 is 0. The Kier molecular flexibility index (Phi) is 7.82. The first-order valence-electron chi connectivity index (χ1n) is 6.28. The van der Waals surface area contributed by atoms with E-state index in [2.05, 4.69) is 10.1 Å². The maximum atomic E-state index is 11.8. The fourth-order valence-electron chi connectivity index (χ4n) is 1.90. The first kappa shape index (κ1) is 17.7. The molecule has 18 heavy (non-hydrogen) atoms. The molecule has 110 valence electrons. The minimum Gasteiger partial charge on any atom is -0.394 e. The van der Waals surface area contributed by atoms with Crippen LogP contribution in [0, 0.1) is 0 Å². The Morgan fingerprint density at radius 2 is 1.89 bits per heavy atom. The summed E-state index contributed by atoms with van der Waals surface area (Å²) in [7, 11) is 0. The molecule has 0 amide bonds. The van der Waals surface area contributed by atoms with E-state index in [1.54, 1.807) is 0 Å². The zero-order valence-corrected chi connectivity index (χ0v) is 11.3. The molecule has 0 aromatic rings. The normalized spacial score (nSPS) is 16.0. The molecule has 3 nitrogen and oxygen atoms in total. The summed E-state index contributed by atoms with van der Waals surface area (Å²) in [6.45, 7) is 4.72. The summed E-state index contributed by atoms with van der Waals surface area (Å²) in [6.07, 6.45) is -2.46. The molecular weight excluding hydrogens is 247 g/mol. The molecule has 2 N–H and O–H groups in total. The molecule has 0 aromatic carbocycles. The van der Waals surface area contributed by atoms with E-state index in [1.165, 1.54) is 0 Å². The van der Waals surface area contributed by atoms with Crippen molar-refractivity contribution in [1.82, 2.24) is 5.32 Å². The van der Waals surface area contributed by atoms with Crippen molar-refractivity contribution in [3.05, 3.63) is 0 Å². The first-order valence-corrected chi connectivity index (χ1v) is 6.28. The van der Waals surface area contributed by atoms with Crippen molar-refractivity contribution in [3.8, 4) is 0 Å². The third kappa shape index (κ3) is 7.89. The van der Waals surface area contributed by atoms with E-state index in [1.807, 2.05) is 20.8 Å². The van der Waals surface area contributed by atoms with Crippen LogP contribution in [-0.2, 0) is 4.74 Å². The number of rotatable bonds is 9. The summed E-state index contributed by atoms with van der Waals surface area (Å²) in [6, 6.07) is 0.216. The fourth-order valence-corrected chi connectivity index (χ4v) is 1.90. The third-order valence-electron chi connectivity index (χ3n) is 2.78. The Bertz CT molecular complexity index is 216. The maximum Gasteiger partial charge on any atom is 0.411 e. The van der Waals surface area contributed by atoms with Crippen LogP contribution < -0.4 is 5.32 Å². The van der Waals surface area contributed by atoms with Gasteiger partial charge in [-0.2, -0.15) is 13.2 Å². The standard InChI is InChI=1S/C12H24F3NO2/c1-4-11(8-17,16-10(2)3)6-5-7-18-9-12(13,14)15/h10,16-17H,4-9H2,1-3H3. The van der Waals surface area contributed by atoms with Gasteiger partial charge in [-0.3, -0.25) is 0 Å². The zero-order valence-electron chi connectivity index (χ0n) is 11.3. The van der Waals surface area contributed by atoms with Crippen LogP contribution in [0.2, 0.25) is 0 Å². The van der Waals surface area contributed by atoms with Crippen LogP contribution in [0.4, 0.5) is 13.2 Å². The average Bonchev–Trinajstić information content (AvgIpc) is 2.25. The third-order valence-corrected chi connectivity index (χ3v) is 2.78. The van der Waals surface area contributed by atoms with Crippen molar-refractivity contribution in [3.63, 3.8) is 0 Å². The molecule has 0 fully saturated rings. The van der Waals surface area contributed by atoms with Crippen LogP contribution in [-0.4, -0.2) is 42.7 Å². The average molecular weight is 271 g/mol. The Hall–Kier alpha value is -0.330. The molecule has 0 saturated carbocycles. The number of nitrogens with one attached hydrogen (secondary N) is 1. The molecule has 1 atom stereocenters. The second-order valence-electron chi connectivity index (χ2n) is 4.86. The van der Waals surface area contributed by atoms with Gasteiger partial charge in [0.2, 0.25) is 0 Å². The van der Waals surface area contributed by atoms with E-state index in [-0.39, 0.29) is 19.3 Å². The van der Waals surface area contributed by atoms with E-state index < -0.39 is 18.3 Å². The molecule has 0 aliphatic rings. The van der Waals surface area contributed by atoms with E-state index in [9.17, 15) is 18.3 Å². The van der Waals surface area contributed by atoms with E-state index >= 15 is 0 Å². The molecule has 0 spiro atoms. The van der Waals surface area contributed by atoms with Crippen molar-refractivity contribution < 1.29 is 23.0 Å². The largest absolute Gasteiger partial charge is 0.411 e. The number of aliphatic hydroxyl groups excluding tert-OH is 1. The van der Waals surface area contributed by atoms with Crippen LogP contribution in [0.1, 0.15) is 40.0 Å². The van der Waals surface area contributed by atoms with Crippen LogP contribution in [0.25, 0.3) is 0 Å². The smallest absolute Gasteiger partial charge is 0.394 e. The lowest BCUT2D eigenvalue weighted by molar-refractivity contribution is -0.174. The minimum atomic E-state index is -4.27. The number of ether oxygens (including phenoxy) is 1. The molecule has 0 aromatic heterocycles. The lowest BCUT2D eigenvalue weighted by atomic mass is 9.90. The summed E-state index contributed by atoms with van der Waals surface area (Å²) in [4.78, 5) is 0. The van der Waals surface area contributed by atoms with Gasteiger partial charge in [-0.25, -0.2) is 0 Å². The van der Waals surface area contributed by atoms with E-state index in [4.69, 9.17) is 0 Å². The van der Waals surface area contributed by atoms with Gasteiger partial charge in [0.15, 0.2) is 0 Å². The number of hydrogen-bond acceptors (Lipinski definition) is 3. The van der Waals surface area contributed by atoms with Gasteiger partial charge < -0.3 is 15.2 Å². The first-order chi connectivity index (χ1) is 8.24. The van der Waals surface area contributed by atoms with Crippen molar-refractivity contribution in [2.45, 2.75) is 57.8 Å². The van der Waals surface area contributed by atoms with Gasteiger partial charge in [0.25, 0.3) is 0 Å². The number of halogens is 3. The predicted octanol–water partition coefficient (Wildman–Crippen LogP) is 2.48.